The molecule has 3 rings (SSSR count). The first-order valence-corrected chi connectivity index (χ1v) is 9.99. The lowest BCUT2D eigenvalue weighted by Crippen LogP contribution is -2.33. The fourth-order valence-corrected chi connectivity index (χ4v) is 3.72. The topological polar surface area (TPSA) is 73.0 Å². The highest BCUT2D eigenvalue weighted by atomic mass is 32.2. The van der Waals surface area contributed by atoms with Crippen LogP contribution in [0.4, 0.5) is 0 Å². The van der Waals surface area contributed by atoms with Gasteiger partial charge in [-0.2, -0.15) is 0 Å². The van der Waals surface area contributed by atoms with Gasteiger partial charge in [-0.15, -0.1) is 16.8 Å². The Bertz CT molecular complexity index is 948. The lowest BCUT2D eigenvalue weighted by molar-refractivity contribution is -0.120. The Kier molecular flexibility index (Phi) is 6.36. The number of allylic oxidation sites excluding steroid dienone is 1. The van der Waals surface area contributed by atoms with Gasteiger partial charge in [0.15, 0.2) is 11.0 Å². The summed E-state index contributed by atoms with van der Waals surface area (Å²) >= 11 is 1.38. The van der Waals surface area contributed by atoms with Gasteiger partial charge in [0.05, 0.1) is 23.1 Å². The van der Waals surface area contributed by atoms with Gasteiger partial charge in [-0.1, -0.05) is 48.2 Å². The first-order chi connectivity index (χ1) is 13.5. The minimum atomic E-state index is -0.322. The lowest BCUT2D eigenvalue weighted by Gasteiger charge is -2.17. The van der Waals surface area contributed by atoms with Gasteiger partial charge in [0.2, 0.25) is 5.91 Å². The molecule has 0 saturated carbocycles. The summed E-state index contributed by atoms with van der Waals surface area (Å²) in [6, 6.07) is 11.7. The van der Waals surface area contributed by atoms with Crippen molar-refractivity contribution in [1.29, 1.82) is 0 Å². The Morgan fingerprint density at radius 3 is 2.68 bits per heavy atom. The van der Waals surface area contributed by atoms with Crippen LogP contribution in [0.5, 0.6) is 0 Å². The van der Waals surface area contributed by atoms with Crippen molar-refractivity contribution in [1.82, 2.24) is 20.1 Å². The summed E-state index contributed by atoms with van der Waals surface area (Å²) in [7, 11) is 0. The van der Waals surface area contributed by atoms with E-state index in [-0.39, 0.29) is 17.2 Å². The predicted octanol–water partition coefficient (Wildman–Crippen LogP) is 4.39. The third-order valence-electron chi connectivity index (χ3n) is 4.44. The summed E-state index contributed by atoms with van der Waals surface area (Å²) < 4.78 is 7.33. The van der Waals surface area contributed by atoms with Gasteiger partial charge >= 0.3 is 0 Å². The van der Waals surface area contributed by atoms with Crippen molar-refractivity contribution in [2.75, 3.05) is 0 Å². The number of nitrogens with one attached hydrogen (secondary N) is 1. The van der Waals surface area contributed by atoms with E-state index in [0.29, 0.717) is 17.5 Å². The maximum atomic E-state index is 12.7. The molecule has 0 aliphatic heterocycles. The first-order valence-electron chi connectivity index (χ1n) is 9.11. The third-order valence-corrected chi connectivity index (χ3v) is 5.52. The molecule has 2 atom stereocenters. The molecular formula is C21H24N4O2S. The van der Waals surface area contributed by atoms with Crippen molar-refractivity contribution in [2.24, 2.45) is 0 Å². The number of aryl methyl sites for hydroxylation is 1. The molecule has 2 aromatic heterocycles. The van der Waals surface area contributed by atoms with E-state index in [1.807, 2.05) is 61.7 Å². The van der Waals surface area contributed by atoms with Crippen molar-refractivity contribution >= 4 is 17.7 Å². The van der Waals surface area contributed by atoms with Crippen LogP contribution in [0.15, 0.2) is 64.9 Å². The Morgan fingerprint density at radius 2 is 2.04 bits per heavy atom. The molecule has 0 aliphatic rings. The largest absolute Gasteiger partial charge is 0.469 e. The van der Waals surface area contributed by atoms with E-state index in [2.05, 4.69) is 22.1 Å². The molecule has 28 heavy (non-hydrogen) atoms. The van der Waals surface area contributed by atoms with Crippen LogP contribution >= 0.6 is 11.8 Å². The monoisotopic (exact) mass is 396 g/mol. The number of amides is 1. The maximum absolute atomic E-state index is 12.7. The predicted molar refractivity (Wildman–Crippen MR) is 111 cm³/mol. The summed E-state index contributed by atoms with van der Waals surface area (Å²) in [5.41, 5.74) is 1.96. The zero-order valence-electron chi connectivity index (χ0n) is 16.3. The SMILES string of the molecule is C=CCn1c(SC(C)C(=O)NC(C)c2ccccc2)nnc1-c1ccoc1C. The first kappa shape index (κ1) is 19.9. The lowest BCUT2D eigenvalue weighted by atomic mass is 10.1. The Labute approximate surface area is 169 Å². The van der Waals surface area contributed by atoms with Crippen LogP contribution in [0.3, 0.4) is 0 Å². The molecule has 1 N–H and O–H groups in total. The van der Waals surface area contributed by atoms with Gasteiger partial charge in [-0.3, -0.25) is 9.36 Å². The van der Waals surface area contributed by atoms with Gasteiger partial charge < -0.3 is 9.73 Å². The third kappa shape index (κ3) is 4.36. The van der Waals surface area contributed by atoms with Crippen molar-refractivity contribution in [3.8, 4) is 11.4 Å². The highest BCUT2D eigenvalue weighted by Crippen LogP contribution is 2.29. The minimum absolute atomic E-state index is 0.0458. The van der Waals surface area contributed by atoms with Crippen LogP contribution < -0.4 is 5.32 Å². The number of hydrogen-bond donors (Lipinski definition) is 1. The van der Waals surface area contributed by atoms with Gasteiger partial charge in [-0.25, -0.2) is 0 Å². The Hall–Kier alpha value is -2.80. The second-order valence-corrected chi connectivity index (χ2v) is 7.80. The summed E-state index contributed by atoms with van der Waals surface area (Å²) in [6.45, 7) is 10.1. The molecule has 7 heteroatoms. The number of aromatic nitrogens is 3. The van der Waals surface area contributed by atoms with Gasteiger partial charge in [0.1, 0.15) is 5.76 Å². The van der Waals surface area contributed by atoms with Crippen LogP contribution in [0.2, 0.25) is 0 Å². The molecule has 2 unspecified atom stereocenters. The Morgan fingerprint density at radius 1 is 1.29 bits per heavy atom. The molecule has 0 aliphatic carbocycles. The normalized spacial score (nSPS) is 13.1. The summed E-state index contributed by atoms with van der Waals surface area (Å²) in [4.78, 5) is 12.7. The van der Waals surface area contributed by atoms with E-state index in [9.17, 15) is 4.79 Å². The second kappa shape index (κ2) is 8.93. The quantitative estimate of drug-likeness (QED) is 0.451. The molecule has 146 valence electrons. The number of nitrogens with zero attached hydrogens (tertiary/aromatic N) is 3. The highest BCUT2D eigenvalue weighted by Gasteiger charge is 2.22. The van der Waals surface area contributed by atoms with E-state index in [0.717, 1.165) is 16.9 Å². The molecule has 3 aromatic rings. The van der Waals surface area contributed by atoms with Crippen LogP contribution in [-0.4, -0.2) is 25.9 Å². The molecule has 2 heterocycles. The zero-order valence-corrected chi connectivity index (χ0v) is 17.1. The molecule has 1 amide bonds. The number of benzene rings is 1. The van der Waals surface area contributed by atoms with Crippen LogP contribution in [0.1, 0.15) is 31.2 Å². The van der Waals surface area contributed by atoms with Crippen molar-refractivity contribution in [2.45, 2.75) is 43.8 Å². The van der Waals surface area contributed by atoms with Crippen molar-refractivity contribution < 1.29 is 9.21 Å². The van der Waals surface area contributed by atoms with Gasteiger partial charge in [0.25, 0.3) is 0 Å². The summed E-state index contributed by atoms with van der Waals surface area (Å²) in [5, 5.41) is 12.0. The number of hydrogen-bond acceptors (Lipinski definition) is 5. The summed E-state index contributed by atoms with van der Waals surface area (Å²) in [6.07, 6.45) is 3.42. The number of furan rings is 1. The standard InChI is InChI=1S/C21H24N4O2S/c1-5-12-25-19(18-11-13-27-15(18)3)23-24-21(25)28-16(4)20(26)22-14(2)17-9-7-6-8-10-17/h5-11,13-14,16H,1,12H2,2-4H3,(H,22,26). The summed E-state index contributed by atoms with van der Waals surface area (Å²) in [5.74, 6) is 1.44. The van der Waals surface area contributed by atoms with E-state index in [4.69, 9.17) is 4.42 Å². The highest BCUT2D eigenvalue weighted by molar-refractivity contribution is 8.00. The zero-order chi connectivity index (χ0) is 20.1. The average molecular weight is 397 g/mol. The average Bonchev–Trinajstić information content (AvgIpc) is 3.28. The van der Waals surface area contributed by atoms with Crippen molar-refractivity contribution in [3.05, 3.63) is 66.6 Å². The van der Waals surface area contributed by atoms with Crippen molar-refractivity contribution in [3.63, 3.8) is 0 Å². The number of carbonyl (C=O) groups is 1. The molecule has 6 nitrogen and oxygen atoms in total. The van der Waals surface area contributed by atoms with E-state index in [1.54, 1.807) is 12.3 Å². The Balaban J connectivity index is 1.74. The molecule has 0 radical (unpaired) electrons. The molecule has 1 aromatic carbocycles. The van der Waals surface area contributed by atoms with Crippen LogP contribution in [0.25, 0.3) is 11.4 Å². The van der Waals surface area contributed by atoms with Crippen LogP contribution in [-0.2, 0) is 11.3 Å². The van der Waals surface area contributed by atoms with E-state index < -0.39 is 0 Å². The molecule has 0 bridgehead atoms. The molecular weight excluding hydrogens is 372 g/mol. The van der Waals surface area contributed by atoms with Gasteiger partial charge in [0, 0.05) is 6.54 Å². The number of thioether (sulfide) groups is 1. The molecule has 0 fully saturated rings. The van der Waals surface area contributed by atoms with E-state index >= 15 is 0 Å². The minimum Gasteiger partial charge on any atom is -0.469 e. The fourth-order valence-electron chi connectivity index (χ4n) is 2.85. The van der Waals surface area contributed by atoms with E-state index in [1.165, 1.54) is 11.8 Å². The maximum Gasteiger partial charge on any atom is 0.233 e. The molecule has 0 spiro atoms. The smallest absolute Gasteiger partial charge is 0.233 e. The fraction of sp³-hybridized carbons (Fsp3) is 0.286. The second-order valence-electron chi connectivity index (χ2n) is 6.50. The number of rotatable bonds is 8. The van der Waals surface area contributed by atoms with Crippen LogP contribution in [0, 0.1) is 6.92 Å². The van der Waals surface area contributed by atoms with Gasteiger partial charge in [-0.05, 0) is 32.4 Å². The number of carbonyl (C=O) groups excluding carboxylic acids is 1. The molecule has 0 saturated heterocycles.